The van der Waals surface area contributed by atoms with Crippen molar-refractivity contribution < 1.29 is 24.0 Å². The number of hydrogen-bond donors (Lipinski definition) is 1. The van der Waals surface area contributed by atoms with Crippen LogP contribution in [0.1, 0.15) is 13.3 Å². The molecule has 0 aliphatic heterocycles. The van der Waals surface area contributed by atoms with Crippen molar-refractivity contribution in [2.75, 3.05) is 0 Å². The molecule has 1 rings (SSSR count). The molecule has 0 heterocycles. The molecule has 7 heteroatoms. The van der Waals surface area contributed by atoms with Crippen LogP contribution < -0.4 is 4.74 Å². The van der Waals surface area contributed by atoms with Crippen LogP contribution in [0.15, 0.2) is 18.2 Å². The van der Waals surface area contributed by atoms with Crippen molar-refractivity contribution in [1.82, 2.24) is 0 Å². The molecule has 0 aliphatic carbocycles. The maximum absolute atomic E-state index is 13.3. The number of halogens is 1. The maximum Gasteiger partial charge on any atom is 0.344 e. The summed E-state index contributed by atoms with van der Waals surface area (Å²) in [7, 11) is 0. The fourth-order valence-corrected chi connectivity index (χ4v) is 1.16. The molecule has 1 unspecified atom stereocenters. The molecule has 0 aromatic heterocycles. The Hall–Kier alpha value is -2.18. The van der Waals surface area contributed by atoms with Gasteiger partial charge in [-0.3, -0.25) is 10.1 Å². The number of benzene rings is 1. The minimum atomic E-state index is -1.22. The van der Waals surface area contributed by atoms with Crippen molar-refractivity contribution in [3.63, 3.8) is 0 Å². The minimum Gasteiger partial charge on any atom is -0.479 e. The molecule has 6 nitrogen and oxygen atoms in total. The normalized spacial score (nSPS) is 11.9. The van der Waals surface area contributed by atoms with Crippen molar-refractivity contribution in [2.24, 2.45) is 0 Å². The molecule has 1 atom stereocenters. The number of hydrogen-bond acceptors (Lipinski definition) is 4. The Morgan fingerprint density at radius 2 is 2.29 bits per heavy atom. The molecule has 1 aromatic rings. The lowest BCUT2D eigenvalue weighted by molar-refractivity contribution is -0.385. The van der Waals surface area contributed by atoms with Gasteiger partial charge in [0.25, 0.3) is 5.69 Å². The second kappa shape index (κ2) is 5.24. The van der Waals surface area contributed by atoms with Crippen LogP contribution in [0, 0.1) is 15.9 Å². The zero-order valence-corrected chi connectivity index (χ0v) is 8.92. The van der Waals surface area contributed by atoms with Gasteiger partial charge in [-0.15, -0.1) is 0 Å². The van der Waals surface area contributed by atoms with Gasteiger partial charge in [-0.05, 0) is 12.5 Å². The maximum atomic E-state index is 13.3. The number of non-ortho nitro benzene ring substituents is 1. The predicted octanol–water partition coefficient (Wildman–Crippen LogP) is 1.98. The number of nitro groups is 1. The van der Waals surface area contributed by atoms with E-state index in [1.54, 1.807) is 6.92 Å². The highest BCUT2D eigenvalue weighted by atomic mass is 19.1. The van der Waals surface area contributed by atoms with Gasteiger partial charge in [-0.25, -0.2) is 9.18 Å². The monoisotopic (exact) mass is 243 g/mol. The second-order valence-electron chi connectivity index (χ2n) is 3.22. The highest BCUT2D eigenvalue weighted by molar-refractivity contribution is 5.72. The fourth-order valence-electron chi connectivity index (χ4n) is 1.16. The summed E-state index contributed by atoms with van der Waals surface area (Å²) in [5.41, 5.74) is -0.418. The third-order valence-corrected chi connectivity index (χ3v) is 2.04. The van der Waals surface area contributed by atoms with E-state index in [1.807, 2.05) is 0 Å². The Kier molecular flexibility index (Phi) is 3.97. The molecule has 0 spiro atoms. The van der Waals surface area contributed by atoms with Gasteiger partial charge in [0.15, 0.2) is 17.7 Å². The highest BCUT2D eigenvalue weighted by Gasteiger charge is 2.20. The third kappa shape index (κ3) is 3.13. The van der Waals surface area contributed by atoms with Crippen molar-refractivity contribution in [3.8, 4) is 5.75 Å². The molecule has 0 aliphatic rings. The van der Waals surface area contributed by atoms with Gasteiger partial charge in [-0.1, -0.05) is 6.92 Å². The van der Waals surface area contributed by atoms with Gasteiger partial charge < -0.3 is 9.84 Å². The van der Waals surface area contributed by atoms with E-state index in [0.717, 1.165) is 12.1 Å². The first-order chi connectivity index (χ1) is 7.95. The first-order valence-corrected chi connectivity index (χ1v) is 4.79. The van der Waals surface area contributed by atoms with E-state index < -0.39 is 28.5 Å². The highest BCUT2D eigenvalue weighted by Crippen LogP contribution is 2.23. The summed E-state index contributed by atoms with van der Waals surface area (Å²) < 4.78 is 18.2. The largest absolute Gasteiger partial charge is 0.479 e. The molecule has 0 amide bonds. The second-order valence-corrected chi connectivity index (χ2v) is 3.22. The van der Waals surface area contributed by atoms with E-state index in [-0.39, 0.29) is 12.2 Å². The zero-order valence-electron chi connectivity index (χ0n) is 8.92. The van der Waals surface area contributed by atoms with Crippen molar-refractivity contribution in [2.45, 2.75) is 19.4 Å². The summed E-state index contributed by atoms with van der Waals surface area (Å²) in [6, 6.07) is 2.77. The van der Waals surface area contributed by atoms with Gasteiger partial charge in [0.05, 0.1) is 11.0 Å². The molecule has 17 heavy (non-hydrogen) atoms. The number of nitrogens with zero attached hydrogens (tertiary/aromatic N) is 1. The van der Waals surface area contributed by atoms with Crippen LogP contribution in [-0.4, -0.2) is 22.1 Å². The number of ether oxygens (including phenoxy) is 1. The first kappa shape index (κ1) is 12.9. The van der Waals surface area contributed by atoms with E-state index in [0.29, 0.717) is 6.07 Å². The van der Waals surface area contributed by atoms with E-state index in [2.05, 4.69) is 0 Å². The average molecular weight is 243 g/mol. The fraction of sp³-hybridized carbons (Fsp3) is 0.300. The molecular weight excluding hydrogens is 233 g/mol. The number of carboxylic acids is 1. The first-order valence-electron chi connectivity index (χ1n) is 4.79. The summed E-state index contributed by atoms with van der Waals surface area (Å²) in [6.45, 7) is 1.57. The molecule has 0 radical (unpaired) electrons. The lowest BCUT2D eigenvalue weighted by atomic mass is 10.2. The van der Waals surface area contributed by atoms with E-state index in [9.17, 15) is 19.3 Å². The van der Waals surface area contributed by atoms with Crippen LogP contribution in [0.3, 0.4) is 0 Å². The topological polar surface area (TPSA) is 89.7 Å². The number of rotatable bonds is 5. The van der Waals surface area contributed by atoms with Crippen LogP contribution in [0.5, 0.6) is 5.75 Å². The average Bonchev–Trinajstić information content (AvgIpc) is 2.26. The standard InChI is InChI=1S/C10H10FNO5/c1-2-8(10(13)14)17-9-4-3-6(12(15)16)5-7(9)11/h3-5,8H,2H2,1H3,(H,13,14). The van der Waals surface area contributed by atoms with Gasteiger partial charge in [0.2, 0.25) is 0 Å². The van der Waals surface area contributed by atoms with Gasteiger partial charge in [-0.2, -0.15) is 0 Å². The number of aliphatic carboxylic acids is 1. The quantitative estimate of drug-likeness (QED) is 0.630. The number of carbonyl (C=O) groups is 1. The zero-order chi connectivity index (χ0) is 13.0. The van der Waals surface area contributed by atoms with Crippen molar-refractivity contribution in [3.05, 3.63) is 34.1 Å². The Labute approximate surface area is 95.8 Å². The Bertz CT molecular complexity index is 448. The van der Waals surface area contributed by atoms with Crippen LogP contribution in [0.2, 0.25) is 0 Å². The molecule has 0 bridgehead atoms. The van der Waals surface area contributed by atoms with Gasteiger partial charge in [0, 0.05) is 6.07 Å². The molecule has 0 saturated heterocycles. The molecule has 92 valence electrons. The van der Waals surface area contributed by atoms with Gasteiger partial charge >= 0.3 is 5.97 Å². The predicted molar refractivity (Wildman–Crippen MR) is 55.4 cm³/mol. The summed E-state index contributed by atoms with van der Waals surface area (Å²) in [5.74, 6) is -2.49. The van der Waals surface area contributed by atoms with E-state index in [4.69, 9.17) is 9.84 Å². The molecule has 1 N–H and O–H groups in total. The number of carboxylic acid groups (broad SMARTS) is 1. The lowest BCUT2D eigenvalue weighted by Crippen LogP contribution is -2.26. The molecule has 0 fully saturated rings. The van der Waals surface area contributed by atoms with E-state index >= 15 is 0 Å². The molecule has 1 aromatic carbocycles. The van der Waals surface area contributed by atoms with Crippen LogP contribution in [0.25, 0.3) is 0 Å². The van der Waals surface area contributed by atoms with Gasteiger partial charge in [0.1, 0.15) is 0 Å². The Morgan fingerprint density at radius 3 is 2.71 bits per heavy atom. The van der Waals surface area contributed by atoms with Crippen LogP contribution in [-0.2, 0) is 4.79 Å². The third-order valence-electron chi connectivity index (χ3n) is 2.04. The minimum absolute atomic E-state index is 0.158. The lowest BCUT2D eigenvalue weighted by Gasteiger charge is -2.13. The van der Waals surface area contributed by atoms with E-state index in [1.165, 1.54) is 0 Å². The summed E-state index contributed by atoms with van der Waals surface area (Å²) in [4.78, 5) is 20.3. The number of nitro benzene ring substituents is 1. The summed E-state index contributed by atoms with van der Waals surface area (Å²) in [6.07, 6.45) is -1.02. The van der Waals surface area contributed by atoms with Crippen LogP contribution >= 0.6 is 0 Å². The SMILES string of the molecule is CCC(Oc1ccc([N+](=O)[O-])cc1F)C(=O)O. The summed E-state index contributed by atoms with van der Waals surface area (Å²) >= 11 is 0. The van der Waals surface area contributed by atoms with Crippen LogP contribution in [0.4, 0.5) is 10.1 Å². The smallest absolute Gasteiger partial charge is 0.344 e. The molecular formula is C10H10FNO5. The molecule has 0 saturated carbocycles. The Balaban J connectivity index is 2.93. The van der Waals surface area contributed by atoms with Crippen molar-refractivity contribution >= 4 is 11.7 Å². The van der Waals surface area contributed by atoms with Crippen molar-refractivity contribution in [1.29, 1.82) is 0 Å². The summed E-state index contributed by atoms with van der Waals surface area (Å²) in [5, 5.41) is 19.1. The Morgan fingerprint density at radius 1 is 1.65 bits per heavy atom.